The fourth-order valence-electron chi connectivity index (χ4n) is 1.53. The van der Waals surface area contributed by atoms with Crippen LogP contribution in [0.15, 0.2) is 29.7 Å². The molecule has 0 bridgehead atoms. The lowest BCUT2D eigenvalue weighted by Crippen LogP contribution is -2.10. The first-order chi connectivity index (χ1) is 8.45. The lowest BCUT2D eigenvalue weighted by molar-refractivity contribution is -0.135. The molecule has 6 heteroatoms. The van der Waals surface area contributed by atoms with Crippen molar-refractivity contribution in [3.05, 3.63) is 29.7 Å². The second-order valence-electron chi connectivity index (χ2n) is 3.98. The van der Waals surface area contributed by atoms with Crippen LogP contribution in [0.25, 0.3) is 0 Å². The van der Waals surface area contributed by atoms with E-state index >= 15 is 0 Å². The Balaban J connectivity index is 2.28. The maximum Gasteiger partial charge on any atom is 0.346 e. The van der Waals surface area contributed by atoms with E-state index in [9.17, 15) is 4.79 Å². The van der Waals surface area contributed by atoms with Crippen molar-refractivity contribution in [1.29, 1.82) is 0 Å². The Morgan fingerprint density at radius 1 is 1.11 bits per heavy atom. The van der Waals surface area contributed by atoms with Crippen LogP contribution in [0.3, 0.4) is 0 Å². The SMILES string of the molecule is COC(=O)C1=C(C)N(C)C(=C2SC(C)=C(C)S2)S1. The molecule has 0 amide bonds. The van der Waals surface area contributed by atoms with Gasteiger partial charge in [-0.1, -0.05) is 35.3 Å². The van der Waals surface area contributed by atoms with Crippen LogP contribution in [0.2, 0.25) is 0 Å². The maximum absolute atomic E-state index is 11.7. The Bertz CT molecular complexity index is 489. The molecule has 0 aromatic carbocycles. The second-order valence-corrected chi connectivity index (χ2v) is 7.68. The van der Waals surface area contributed by atoms with Gasteiger partial charge in [-0.15, -0.1) is 0 Å². The van der Waals surface area contributed by atoms with Gasteiger partial charge in [-0.2, -0.15) is 0 Å². The van der Waals surface area contributed by atoms with E-state index in [4.69, 9.17) is 4.74 Å². The number of thioether (sulfide) groups is 3. The molecule has 0 atom stereocenters. The highest BCUT2D eigenvalue weighted by molar-refractivity contribution is 8.29. The molecule has 2 aliphatic rings. The standard InChI is InChI=1S/C12H15NO2S3/c1-6-9(11(14)15-5)18-10(13(6)4)12-16-7(2)8(3)17-12/h1-5H3. The number of rotatable bonds is 1. The van der Waals surface area contributed by atoms with Gasteiger partial charge in [-0.3, -0.25) is 0 Å². The van der Waals surface area contributed by atoms with Gasteiger partial charge in [0.1, 0.15) is 9.93 Å². The molecule has 2 rings (SSSR count). The molecular formula is C12H15NO2S3. The summed E-state index contributed by atoms with van der Waals surface area (Å²) in [4.78, 5) is 17.1. The predicted octanol–water partition coefficient (Wildman–Crippen LogP) is 3.93. The molecule has 3 nitrogen and oxygen atoms in total. The lowest BCUT2D eigenvalue weighted by atomic mass is 10.4. The molecule has 0 aromatic heterocycles. The Morgan fingerprint density at radius 3 is 2.17 bits per heavy atom. The summed E-state index contributed by atoms with van der Waals surface area (Å²) in [7, 11) is 3.41. The second kappa shape index (κ2) is 5.27. The van der Waals surface area contributed by atoms with E-state index in [0.29, 0.717) is 4.91 Å². The quantitative estimate of drug-likeness (QED) is 0.682. The van der Waals surface area contributed by atoms with Crippen LogP contribution in [0.5, 0.6) is 0 Å². The lowest BCUT2D eigenvalue weighted by Gasteiger charge is -2.16. The summed E-state index contributed by atoms with van der Waals surface area (Å²) in [5.74, 6) is -0.255. The predicted molar refractivity (Wildman–Crippen MR) is 80.7 cm³/mol. The first-order valence-electron chi connectivity index (χ1n) is 5.44. The highest BCUT2D eigenvalue weighted by Gasteiger charge is 2.32. The first-order valence-corrected chi connectivity index (χ1v) is 7.89. The Kier molecular flexibility index (Phi) is 4.08. The zero-order valence-corrected chi connectivity index (χ0v) is 13.4. The topological polar surface area (TPSA) is 29.5 Å². The number of allylic oxidation sites excluding steroid dienone is 3. The molecular weight excluding hydrogens is 286 g/mol. The van der Waals surface area contributed by atoms with Crippen molar-refractivity contribution < 1.29 is 9.53 Å². The average Bonchev–Trinajstić information content (AvgIpc) is 2.82. The Morgan fingerprint density at radius 2 is 1.67 bits per heavy atom. The smallest absolute Gasteiger partial charge is 0.346 e. The summed E-state index contributed by atoms with van der Waals surface area (Å²) in [5.41, 5.74) is 0.956. The van der Waals surface area contributed by atoms with Crippen molar-refractivity contribution in [2.24, 2.45) is 0 Å². The number of esters is 1. The van der Waals surface area contributed by atoms with Crippen molar-refractivity contribution in [2.45, 2.75) is 20.8 Å². The van der Waals surface area contributed by atoms with Crippen molar-refractivity contribution in [1.82, 2.24) is 4.90 Å². The van der Waals surface area contributed by atoms with Crippen molar-refractivity contribution in [3.63, 3.8) is 0 Å². The van der Waals surface area contributed by atoms with Crippen molar-refractivity contribution in [3.8, 4) is 0 Å². The minimum atomic E-state index is -0.255. The summed E-state index contributed by atoms with van der Waals surface area (Å²) in [6.45, 7) is 6.20. The number of hydrogen-bond donors (Lipinski definition) is 0. The number of nitrogens with zero attached hydrogens (tertiary/aromatic N) is 1. The first kappa shape index (κ1) is 14.0. The minimum Gasteiger partial charge on any atom is -0.465 e. The monoisotopic (exact) mass is 301 g/mol. The van der Waals surface area contributed by atoms with E-state index in [-0.39, 0.29) is 5.97 Å². The molecule has 0 N–H and O–H groups in total. The van der Waals surface area contributed by atoms with Gasteiger partial charge in [-0.05, 0) is 30.6 Å². The molecule has 98 valence electrons. The number of ether oxygens (including phenoxy) is 1. The summed E-state index contributed by atoms with van der Waals surface area (Å²) >= 11 is 5.06. The van der Waals surface area contributed by atoms with Gasteiger partial charge in [0.25, 0.3) is 0 Å². The van der Waals surface area contributed by atoms with Crippen LogP contribution < -0.4 is 0 Å². The Hall–Kier alpha value is -0.460. The summed E-state index contributed by atoms with van der Waals surface area (Å²) in [6, 6.07) is 0. The number of carbonyl (C=O) groups excluding carboxylic acids is 1. The summed E-state index contributed by atoms with van der Waals surface area (Å²) in [6.07, 6.45) is 0. The average molecular weight is 301 g/mol. The van der Waals surface area contributed by atoms with Gasteiger partial charge >= 0.3 is 5.97 Å². The molecule has 0 fully saturated rings. The van der Waals surface area contributed by atoms with Gasteiger partial charge < -0.3 is 9.64 Å². The molecule has 0 spiro atoms. The van der Waals surface area contributed by atoms with Crippen LogP contribution in [-0.4, -0.2) is 25.0 Å². The van der Waals surface area contributed by atoms with Gasteiger partial charge in [0.2, 0.25) is 0 Å². The number of carbonyl (C=O) groups is 1. The van der Waals surface area contributed by atoms with Gasteiger partial charge in [0, 0.05) is 12.7 Å². The molecule has 0 unspecified atom stereocenters. The molecule has 0 radical (unpaired) electrons. The molecule has 18 heavy (non-hydrogen) atoms. The van der Waals surface area contributed by atoms with Crippen LogP contribution >= 0.6 is 35.3 Å². The van der Waals surface area contributed by atoms with E-state index < -0.39 is 0 Å². The van der Waals surface area contributed by atoms with E-state index in [1.807, 2.05) is 14.0 Å². The minimum absolute atomic E-state index is 0.255. The highest BCUT2D eigenvalue weighted by Crippen LogP contribution is 2.55. The van der Waals surface area contributed by atoms with Gasteiger partial charge in [0.15, 0.2) is 0 Å². The van der Waals surface area contributed by atoms with E-state index in [1.165, 1.54) is 32.9 Å². The molecule has 0 saturated carbocycles. The summed E-state index contributed by atoms with van der Waals surface area (Å²) in [5, 5.41) is 1.12. The van der Waals surface area contributed by atoms with E-state index in [1.54, 1.807) is 23.5 Å². The van der Waals surface area contributed by atoms with Crippen LogP contribution in [0.4, 0.5) is 0 Å². The molecule has 0 aliphatic carbocycles. The van der Waals surface area contributed by atoms with E-state index in [0.717, 1.165) is 10.7 Å². The number of methoxy groups -OCH3 is 1. The van der Waals surface area contributed by atoms with Crippen molar-refractivity contribution >= 4 is 41.3 Å². The Labute approximate surface area is 120 Å². The number of hydrogen-bond acceptors (Lipinski definition) is 6. The third kappa shape index (κ3) is 2.33. The molecule has 2 aliphatic heterocycles. The molecule has 2 heterocycles. The third-order valence-corrected chi connectivity index (χ3v) is 7.08. The zero-order valence-electron chi connectivity index (χ0n) is 11.0. The molecule has 0 saturated heterocycles. The van der Waals surface area contributed by atoms with Crippen molar-refractivity contribution in [2.75, 3.05) is 14.2 Å². The van der Waals surface area contributed by atoms with Gasteiger partial charge in [-0.25, -0.2) is 4.79 Å². The molecule has 0 aromatic rings. The van der Waals surface area contributed by atoms with Crippen LogP contribution in [0.1, 0.15) is 20.8 Å². The maximum atomic E-state index is 11.7. The third-order valence-electron chi connectivity index (χ3n) is 2.87. The zero-order chi connectivity index (χ0) is 13.4. The largest absolute Gasteiger partial charge is 0.465 e. The fraction of sp³-hybridized carbons (Fsp3) is 0.417. The van der Waals surface area contributed by atoms with Gasteiger partial charge in [0.05, 0.1) is 11.3 Å². The normalized spacial score (nSPS) is 20.4. The fourth-order valence-corrected chi connectivity index (χ4v) is 5.49. The summed E-state index contributed by atoms with van der Waals surface area (Å²) < 4.78 is 6.06. The van der Waals surface area contributed by atoms with Crippen LogP contribution in [-0.2, 0) is 9.53 Å². The van der Waals surface area contributed by atoms with E-state index in [2.05, 4.69) is 18.7 Å². The van der Waals surface area contributed by atoms with Crippen LogP contribution in [0, 0.1) is 0 Å². The highest BCUT2D eigenvalue weighted by atomic mass is 32.2.